The Morgan fingerprint density at radius 3 is 2.79 bits per heavy atom. The number of halogens is 1. The van der Waals surface area contributed by atoms with Crippen molar-refractivity contribution in [3.8, 4) is 0 Å². The Morgan fingerprint density at radius 1 is 1.32 bits per heavy atom. The zero-order valence-electron chi connectivity index (χ0n) is 15.9. The summed E-state index contributed by atoms with van der Waals surface area (Å²) in [6.07, 6.45) is 1.66. The van der Waals surface area contributed by atoms with Crippen LogP contribution >= 0.6 is 11.3 Å². The molecule has 2 heterocycles. The van der Waals surface area contributed by atoms with E-state index >= 15 is 0 Å². The van der Waals surface area contributed by atoms with Crippen LogP contribution in [0.3, 0.4) is 0 Å². The van der Waals surface area contributed by atoms with Gasteiger partial charge in [0.25, 0.3) is 0 Å². The van der Waals surface area contributed by atoms with Gasteiger partial charge in [0.1, 0.15) is 5.82 Å². The van der Waals surface area contributed by atoms with Crippen LogP contribution in [0.5, 0.6) is 0 Å². The monoisotopic (exact) mass is 404 g/mol. The molecule has 28 heavy (non-hydrogen) atoms. The summed E-state index contributed by atoms with van der Waals surface area (Å²) >= 11 is 1.54. The molecule has 0 aliphatic carbocycles. The molecule has 2 aromatic rings. The topological polar surface area (TPSA) is 58.6 Å². The van der Waals surface area contributed by atoms with Crippen LogP contribution in [0.2, 0.25) is 0 Å². The number of hydrogen-bond acceptors (Lipinski definition) is 5. The number of nitrogens with one attached hydrogen (secondary N) is 1. The van der Waals surface area contributed by atoms with Gasteiger partial charge in [-0.05, 0) is 55.5 Å². The standard InChI is InChI=1S/C21H25FN2O3S/c1-2-27-21(26)16-5-3-11-24(13-16)14-19(25)23-20(18-6-4-12-28-18)15-7-9-17(22)10-8-15/h4,6-10,12,16,20H,2-3,5,11,13-14H2,1H3,(H,23,25)/t16-,20+/m1/s1. The highest BCUT2D eigenvalue weighted by atomic mass is 32.1. The Bertz CT molecular complexity index is 779. The molecule has 1 aliphatic heterocycles. The van der Waals surface area contributed by atoms with Crippen molar-refractivity contribution in [3.05, 3.63) is 58.0 Å². The smallest absolute Gasteiger partial charge is 0.310 e. The fraction of sp³-hybridized carbons (Fsp3) is 0.429. The second kappa shape index (κ2) is 9.80. The number of hydrogen-bond donors (Lipinski definition) is 1. The minimum absolute atomic E-state index is 0.118. The summed E-state index contributed by atoms with van der Waals surface area (Å²) < 4.78 is 18.4. The maximum atomic E-state index is 13.3. The van der Waals surface area contributed by atoms with Crippen LogP contribution in [0.1, 0.15) is 36.2 Å². The van der Waals surface area contributed by atoms with Gasteiger partial charge >= 0.3 is 5.97 Å². The van der Waals surface area contributed by atoms with Crippen molar-refractivity contribution in [2.45, 2.75) is 25.8 Å². The number of rotatable bonds is 7. The van der Waals surface area contributed by atoms with Crippen molar-refractivity contribution in [2.75, 3.05) is 26.2 Å². The molecule has 1 aliphatic rings. The number of benzene rings is 1. The molecule has 0 saturated carbocycles. The Balaban J connectivity index is 1.64. The number of nitrogens with zero attached hydrogens (tertiary/aromatic N) is 1. The lowest BCUT2D eigenvalue weighted by Gasteiger charge is -2.31. The zero-order valence-corrected chi connectivity index (χ0v) is 16.7. The van der Waals surface area contributed by atoms with Crippen molar-refractivity contribution in [3.63, 3.8) is 0 Å². The third-order valence-corrected chi connectivity index (χ3v) is 5.77. The molecule has 5 nitrogen and oxygen atoms in total. The van der Waals surface area contributed by atoms with Crippen molar-refractivity contribution < 1.29 is 18.7 Å². The number of likely N-dealkylation sites (tertiary alicyclic amines) is 1. The fourth-order valence-electron chi connectivity index (χ4n) is 3.49. The van der Waals surface area contributed by atoms with E-state index in [1.165, 1.54) is 12.1 Å². The first kappa shape index (κ1) is 20.5. The number of carbonyl (C=O) groups is 2. The van der Waals surface area contributed by atoms with E-state index in [4.69, 9.17) is 4.74 Å². The molecule has 1 saturated heterocycles. The summed E-state index contributed by atoms with van der Waals surface area (Å²) in [6.45, 7) is 3.71. The molecule has 150 valence electrons. The van der Waals surface area contributed by atoms with Gasteiger partial charge in [-0.15, -0.1) is 11.3 Å². The van der Waals surface area contributed by atoms with E-state index in [1.807, 2.05) is 22.4 Å². The Labute approximate surface area is 168 Å². The van der Waals surface area contributed by atoms with E-state index in [2.05, 4.69) is 5.32 Å². The lowest BCUT2D eigenvalue weighted by Crippen LogP contribution is -2.45. The highest BCUT2D eigenvalue weighted by Crippen LogP contribution is 2.26. The number of amides is 1. The molecule has 1 aromatic carbocycles. The lowest BCUT2D eigenvalue weighted by atomic mass is 9.98. The van der Waals surface area contributed by atoms with Gasteiger partial charge in [-0.2, -0.15) is 0 Å². The van der Waals surface area contributed by atoms with E-state index in [-0.39, 0.29) is 36.2 Å². The second-order valence-corrected chi connectivity index (χ2v) is 7.87. The lowest BCUT2D eigenvalue weighted by molar-refractivity contribution is -0.150. The average molecular weight is 405 g/mol. The van der Waals surface area contributed by atoms with Gasteiger partial charge in [-0.25, -0.2) is 4.39 Å². The number of esters is 1. The zero-order chi connectivity index (χ0) is 19.9. The first-order valence-corrected chi connectivity index (χ1v) is 10.4. The summed E-state index contributed by atoms with van der Waals surface area (Å²) in [6, 6.07) is 9.75. The molecule has 0 spiro atoms. The molecular formula is C21H25FN2O3S. The Morgan fingerprint density at radius 2 is 2.11 bits per heavy atom. The normalized spacial score (nSPS) is 18.4. The molecule has 1 amide bonds. The van der Waals surface area contributed by atoms with Crippen LogP contribution < -0.4 is 5.32 Å². The summed E-state index contributed by atoms with van der Waals surface area (Å²) in [7, 11) is 0. The summed E-state index contributed by atoms with van der Waals surface area (Å²) in [5.74, 6) is -0.785. The van der Waals surface area contributed by atoms with Crippen LogP contribution in [0.25, 0.3) is 0 Å². The SMILES string of the molecule is CCOC(=O)[C@@H]1CCCN(CC(=O)N[C@@H](c2ccc(F)cc2)c2cccs2)C1. The van der Waals surface area contributed by atoms with Crippen molar-refractivity contribution in [2.24, 2.45) is 5.92 Å². The van der Waals surface area contributed by atoms with Gasteiger partial charge in [0, 0.05) is 11.4 Å². The molecule has 1 N–H and O–H groups in total. The van der Waals surface area contributed by atoms with Gasteiger partial charge in [0.2, 0.25) is 5.91 Å². The minimum Gasteiger partial charge on any atom is -0.466 e. The van der Waals surface area contributed by atoms with E-state index < -0.39 is 0 Å². The number of thiophene rings is 1. The molecule has 0 unspecified atom stereocenters. The fourth-order valence-corrected chi connectivity index (χ4v) is 4.29. The predicted octanol–water partition coefficient (Wildman–Crippen LogP) is 3.37. The van der Waals surface area contributed by atoms with Gasteiger partial charge in [-0.1, -0.05) is 18.2 Å². The third kappa shape index (κ3) is 5.39. The van der Waals surface area contributed by atoms with E-state index in [0.29, 0.717) is 13.2 Å². The number of carbonyl (C=O) groups excluding carboxylic acids is 2. The summed E-state index contributed by atoms with van der Waals surface area (Å²) in [4.78, 5) is 27.7. The van der Waals surface area contributed by atoms with Crippen LogP contribution in [-0.2, 0) is 14.3 Å². The highest BCUT2D eigenvalue weighted by Gasteiger charge is 2.28. The summed E-state index contributed by atoms with van der Waals surface area (Å²) in [5.41, 5.74) is 0.834. The summed E-state index contributed by atoms with van der Waals surface area (Å²) in [5, 5.41) is 5.01. The van der Waals surface area contributed by atoms with E-state index in [1.54, 1.807) is 30.4 Å². The third-order valence-electron chi connectivity index (χ3n) is 4.83. The second-order valence-electron chi connectivity index (χ2n) is 6.89. The van der Waals surface area contributed by atoms with Gasteiger partial charge in [-0.3, -0.25) is 14.5 Å². The number of ether oxygens (including phenoxy) is 1. The number of piperidine rings is 1. The average Bonchev–Trinajstić information content (AvgIpc) is 3.22. The van der Waals surface area contributed by atoms with Crippen molar-refractivity contribution in [1.29, 1.82) is 0 Å². The maximum absolute atomic E-state index is 13.3. The van der Waals surface area contributed by atoms with Gasteiger partial charge < -0.3 is 10.1 Å². The molecule has 2 atom stereocenters. The molecule has 7 heteroatoms. The maximum Gasteiger partial charge on any atom is 0.310 e. The van der Waals surface area contributed by atoms with Crippen LogP contribution in [0.15, 0.2) is 41.8 Å². The molecule has 0 bridgehead atoms. The van der Waals surface area contributed by atoms with Gasteiger partial charge in [0.15, 0.2) is 0 Å². The van der Waals surface area contributed by atoms with Crippen molar-refractivity contribution >= 4 is 23.2 Å². The Kier molecular flexibility index (Phi) is 7.17. The van der Waals surface area contributed by atoms with E-state index in [9.17, 15) is 14.0 Å². The molecule has 3 rings (SSSR count). The molecule has 0 radical (unpaired) electrons. The largest absolute Gasteiger partial charge is 0.466 e. The first-order valence-electron chi connectivity index (χ1n) is 9.54. The Hall–Kier alpha value is -2.25. The minimum atomic E-state index is -0.321. The molecular weight excluding hydrogens is 379 g/mol. The first-order chi connectivity index (χ1) is 13.6. The molecule has 1 fully saturated rings. The molecule has 1 aromatic heterocycles. The van der Waals surface area contributed by atoms with Crippen LogP contribution in [0, 0.1) is 11.7 Å². The highest BCUT2D eigenvalue weighted by molar-refractivity contribution is 7.10. The van der Waals surface area contributed by atoms with Crippen LogP contribution in [0.4, 0.5) is 4.39 Å². The quantitative estimate of drug-likeness (QED) is 0.719. The van der Waals surface area contributed by atoms with Gasteiger partial charge in [0.05, 0.1) is 25.1 Å². The predicted molar refractivity (Wildman–Crippen MR) is 107 cm³/mol. The van der Waals surface area contributed by atoms with Crippen LogP contribution in [-0.4, -0.2) is 43.0 Å². The van der Waals surface area contributed by atoms with Crippen molar-refractivity contribution in [1.82, 2.24) is 10.2 Å². The van der Waals surface area contributed by atoms with E-state index in [0.717, 1.165) is 29.8 Å².